The van der Waals surface area contributed by atoms with Gasteiger partial charge in [-0.25, -0.2) is 13.1 Å². The van der Waals surface area contributed by atoms with Gasteiger partial charge in [-0.2, -0.15) is 0 Å². The summed E-state index contributed by atoms with van der Waals surface area (Å²) in [5.74, 6) is -0.0751. The minimum absolute atomic E-state index is 0.0393. The van der Waals surface area contributed by atoms with E-state index in [1.165, 1.54) is 0 Å². The molecule has 1 aromatic rings. The third kappa shape index (κ3) is 4.46. The third-order valence-electron chi connectivity index (χ3n) is 4.96. The lowest BCUT2D eigenvalue weighted by Gasteiger charge is -2.23. The lowest BCUT2D eigenvalue weighted by atomic mass is 9.89. The van der Waals surface area contributed by atoms with E-state index in [2.05, 4.69) is 23.9 Å². The van der Waals surface area contributed by atoms with Crippen molar-refractivity contribution in [3.63, 3.8) is 0 Å². The summed E-state index contributed by atoms with van der Waals surface area (Å²) >= 11 is 0. The van der Waals surface area contributed by atoms with Crippen LogP contribution >= 0.6 is 0 Å². The minimum Gasteiger partial charge on any atom is -0.306 e. The average molecular weight is 381 g/mol. The van der Waals surface area contributed by atoms with Crippen LogP contribution in [0.15, 0.2) is 17.0 Å². The molecule has 5 nitrogen and oxygen atoms in total. The first-order chi connectivity index (χ1) is 12.0. The largest absolute Gasteiger partial charge is 0.306 e. The fourth-order valence-corrected chi connectivity index (χ4v) is 5.08. The van der Waals surface area contributed by atoms with Crippen molar-refractivity contribution in [1.82, 2.24) is 10.0 Å². The Morgan fingerprint density at radius 2 is 1.58 bits per heavy atom. The first kappa shape index (κ1) is 20.9. The Hall–Kier alpha value is -1.40. The lowest BCUT2D eigenvalue weighted by Crippen LogP contribution is -2.43. The molecule has 0 aliphatic carbocycles. The average Bonchev–Trinajstić information content (AvgIpc) is 3.07. The maximum Gasteiger partial charge on any atom is 0.264 e. The second kappa shape index (κ2) is 8.09. The van der Waals surface area contributed by atoms with E-state index in [1.54, 1.807) is 0 Å². The molecule has 2 N–H and O–H groups in total. The van der Waals surface area contributed by atoms with E-state index in [4.69, 9.17) is 0 Å². The molecule has 0 radical (unpaired) electrons. The molecular weight excluding hydrogens is 348 g/mol. The first-order valence-electron chi connectivity index (χ1n) is 9.52. The predicted molar refractivity (Wildman–Crippen MR) is 105 cm³/mol. The maximum absolute atomic E-state index is 13.2. The Bertz CT molecular complexity index is 732. The van der Waals surface area contributed by atoms with Crippen molar-refractivity contribution >= 4 is 15.9 Å². The zero-order chi connectivity index (χ0) is 19.6. The van der Waals surface area contributed by atoms with Crippen molar-refractivity contribution < 1.29 is 13.2 Å². The van der Waals surface area contributed by atoms with Gasteiger partial charge in [0.25, 0.3) is 15.9 Å². The monoisotopic (exact) mass is 380 g/mol. The minimum atomic E-state index is -3.93. The van der Waals surface area contributed by atoms with Gasteiger partial charge in [-0.15, -0.1) is 0 Å². The molecule has 1 aromatic carbocycles. The zero-order valence-corrected chi connectivity index (χ0v) is 17.5. The van der Waals surface area contributed by atoms with Crippen LogP contribution in [0, 0.1) is 0 Å². The van der Waals surface area contributed by atoms with Crippen LogP contribution in [0.4, 0.5) is 0 Å². The van der Waals surface area contributed by atoms with Crippen molar-refractivity contribution in [2.75, 3.05) is 6.54 Å². The van der Waals surface area contributed by atoms with Gasteiger partial charge in [-0.05, 0) is 53.8 Å². The van der Waals surface area contributed by atoms with E-state index in [9.17, 15) is 13.2 Å². The highest BCUT2D eigenvalue weighted by molar-refractivity contribution is 7.90. The molecule has 6 heteroatoms. The van der Waals surface area contributed by atoms with Gasteiger partial charge in [0.15, 0.2) is 0 Å². The summed E-state index contributed by atoms with van der Waals surface area (Å²) in [5.41, 5.74) is 2.68. The summed E-state index contributed by atoms with van der Waals surface area (Å²) in [7, 11) is -3.93. The van der Waals surface area contributed by atoms with Gasteiger partial charge >= 0.3 is 0 Å². The number of hydrogen-bond donors (Lipinski definition) is 2. The Morgan fingerprint density at radius 3 is 1.96 bits per heavy atom. The smallest absolute Gasteiger partial charge is 0.264 e. The van der Waals surface area contributed by atoms with Crippen LogP contribution in [0.1, 0.15) is 88.8 Å². The van der Waals surface area contributed by atoms with Gasteiger partial charge in [0.2, 0.25) is 0 Å². The predicted octanol–water partition coefficient (Wildman–Crippen LogP) is 3.61. The van der Waals surface area contributed by atoms with E-state index in [0.717, 1.165) is 29.7 Å². The molecule has 0 unspecified atom stereocenters. The van der Waals surface area contributed by atoms with Crippen molar-refractivity contribution in [3.8, 4) is 0 Å². The van der Waals surface area contributed by atoms with Crippen LogP contribution in [0.5, 0.6) is 0 Å². The highest BCUT2D eigenvalue weighted by atomic mass is 32.2. The Balaban J connectivity index is 2.55. The Kier molecular flexibility index (Phi) is 6.51. The quantitative estimate of drug-likeness (QED) is 0.790. The van der Waals surface area contributed by atoms with Gasteiger partial charge in [-0.3, -0.25) is 4.79 Å². The van der Waals surface area contributed by atoms with Gasteiger partial charge in [0, 0.05) is 0 Å². The summed E-state index contributed by atoms with van der Waals surface area (Å²) in [4.78, 5) is 12.7. The van der Waals surface area contributed by atoms with Gasteiger partial charge in [-0.1, -0.05) is 53.7 Å². The van der Waals surface area contributed by atoms with E-state index in [0.29, 0.717) is 12.3 Å². The van der Waals surface area contributed by atoms with Crippen molar-refractivity contribution in [3.05, 3.63) is 28.8 Å². The number of carbonyl (C=O) groups excluding carboxylic acids is 1. The van der Waals surface area contributed by atoms with Crippen LogP contribution in [0.3, 0.4) is 0 Å². The number of nitrogens with one attached hydrogen (secondary N) is 2. The molecule has 1 aliphatic heterocycles. The highest BCUT2D eigenvalue weighted by Gasteiger charge is 2.31. The van der Waals surface area contributed by atoms with Crippen LogP contribution in [0.25, 0.3) is 0 Å². The number of benzene rings is 1. The van der Waals surface area contributed by atoms with E-state index in [-0.39, 0.29) is 16.7 Å². The Morgan fingerprint density at radius 1 is 1.04 bits per heavy atom. The van der Waals surface area contributed by atoms with Crippen molar-refractivity contribution in [2.24, 2.45) is 0 Å². The van der Waals surface area contributed by atoms with Crippen LogP contribution in [-0.2, 0) is 14.8 Å². The molecular formula is C20H32N2O3S. The zero-order valence-electron chi connectivity index (χ0n) is 16.7. The molecule has 0 saturated carbocycles. The summed E-state index contributed by atoms with van der Waals surface area (Å²) in [6.45, 7) is 12.9. The lowest BCUT2D eigenvalue weighted by molar-refractivity contribution is -0.121. The molecule has 0 aromatic heterocycles. The maximum atomic E-state index is 13.2. The fourth-order valence-electron chi connectivity index (χ4n) is 3.36. The van der Waals surface area contributed by atoms with Gasteiger partial charge < -0.3 is 5.32 Å². The summed E-state index contributed by atoms with van der Waals surface area (Å²) in [5, 5.41) is 3.05. The number of carbonyl (C=O) groups is 1. The molecule has 1 saturated heterocycles. The third-order valence-corrected chi connectivity index (χ3v) is 6.44. The van der Waals surface area contributed by atoms with E-state index in [1.807, 2.05) is 39.8 Å². The number of rotatable bonds is 6. The first-order valence-corrected chi connectivity index (χ1v) is 11.0. The highest BCUT2D eigenvalue weighted by Crippen LogP contribution is 2.35. The van der Waals surface area contributed by atoms with Crippen LogP contribution in [-0.4, -0.2) is 26.9 Å². The van der Waals surface area contributed by atoms with Crippen molar-refractivity contribution in [1.29, 1.82) is 0 Å². The number of amides is 1. The Labute approximate surface area is 158 Å². The molecule has 0 bridgehead atoms. The molecule has 2 rings (SSSR count). The molecule has 1 amide bonds. The van der Waals surface area contributed by atoms with E-state index < -0.39 is 22.0 Å². The molecule has 1 atom stereocenters. The topological polar surface area (TPSA) is 75.3 Å². The summed E-state index contributed by atoms with van der Waals surface area (Å²) in [6, 6.07) is 3.53. The van der Waals surface area contributed by atoms with E-state index >= 15 is 0 Å². The summed E-state index contributed by atoms with van der Waals surface area (Å²) in [6.07, 6.45) is 1.55. The molecule has 0 spiro atoms. The molecule has 146 valence electrons. The molecule has 1 fully saturated rings. The van der Waals surface area contributed by atoms with Gasteiger partial charge in [0.1, 0.15) is 0 Å². The molecule has 1 aliphatic rings. The molecule has 1 heterocycles. The second-order valence-electron chi connectivity index (χ2n) is 8.11. The van der Waals surface area contributed by atoms with Crippen LogP contribution < -0.4 is 10.0 Å². The number of sulfonamides is 1. The van der Waals surface area contributed by atoms with Gasteiger partial charge in [0.05, 0.1) is 10.9 Å². The second-order valence-corrected chi connectivity index (χ2v) is 9.73. The molecule has 26 heavy (non-hydrogen) atoms. The van der Waals surface area contributed by atoms with Crippen LogP contribution in [0.2, 0.25) is 0 Å². The number of hydrogen-bond acceptors (Lipinski definition) is 4. The summed E-state index contributed by atoms with van der Waals surface area (Å²) < 4.78 is 28.7. The fraction of sp³-hybridized carbons (Fsp3) is 0.650. The van der Waals surface area contributed by atoms with Crippen molar-refractivity contribution in [2.45, 2.75) is 83.1 Å². The normalized spacial score (nSPS) is 18.1. The standard InChI is InChI=1S/C20H32N2O3S/c1-12(2)15-10-16(13(3)4)19(17(11-15)14(5)6)26(24,25)22-20(23)18-8-7-9-21-18/h10-14,18,21H,7-9H2,1-6H3,(H,22,23)/t18-/m0/s1. The SMILES string of the molecule is CC(C)c1cc(C(C)C)c(S(=O)(=O)NC(=O)[C@@H]2CCCN2)c(C(C)C)c1.